The molecule has 5 nitrogen and oxygen atoms in total. The summed E-state index contributed by atoms with van der Waals surface area (Å²) in [6.07, 6.45) is 0.0312. The third kappa shape index (κ3) is 2.30. The summed E-state index contributed by atoms with van der Waals surface area (Å²) in [5, 5.41) is 3.14. The maximum Gasteiger partial charge on any atom is 0.203 e. The fraction of sp³-hybridized carbons (Fsp3) is 0.500. The van der Waals surface area contributed by atoms with Gasteiger partial charge in [-0.1, -0.05) is 0 Å². The molecule has 17 heavy (non-hydrogen) atoms. The van der Waals surface area contributed by atoms with Gasteiger partial charge in [0.25, 0.3) is 0 Å². The van der Waals surface area contributed by atoms with Crippen molar-refractivity contribution in [2.45, 2.75) is 6.10 Å². The summed E-state index contributed by atoms with van der Waals surface area (Å²) in [7, 11) is 4.80. The Morgan fingerprint density at radius 3 is 2.18 bits per heavy atom. The molecule has 1 aromatic rings. The first-order chi connectivity index (χ1) is 8.30. The number of benzene rings is 1. The highest BCUT2D eigenvalue weighted by atomic mass is 16.5. The highest BCUT2D eigenvalue weighted by molar-refractivity contribution is 5.54. The van der Waals surface area contributed by atoms with Crippen LogP contribution in [0.5, 0.6) is 17.2 Å². The second kappa shape index (κ2) is 5.25. The third-order valence-corrected chi connectivity index (χ3v) is 2.78. The first-order valence-electron chi connectivity index (χ1n) is 5.42. The van der Waals surface area contributed by atoms with E-state index in [1.165, 1.54) is 0 Å². The lowest BCUT2D eigenvalue weighted by molar-refractivity contribution is 0.114. The van der Waals surface area contributed by atoms with Crippen LogP contribution >= 0.6 is 0 Å². The van der Waals surface area contributed by atoms with E-state index in [9.17, 15) is 0 Å². The summed E-state index contributed by atoms with van der Waals surface area (Å²) in [5.74, 6) is 1.90. The van der Waals surface area contributed by atoms with E-state index in [4.69, 9.17) is 18.9 Å². The summed E-state index contributed by atoms with van der Waals surface area (Å²) >= 11 is 0. The minimum atomic E-state index is 0.0312. The van der Waals surface area contributed by atoms with E-state index in [1.54, 1.807) is 21.3 Å². The minimum absolute atomic E-state index is 0.0312. The van der Waals surface area contributed by atoms with Crippen molar-refractivity contribution < 1.29 is 18.9 Å². The third-order valence-electron chi connectivity index (χ3n) is 2.78. The molecule has 1 heterocycles. The van der Waals surface area contributed by atoms with Crippen molar-refractivity contribution >= 4 is 0 Å². The van der Waals surface area contributed by atoms with Crippen molar-refractivity contribution in [1.82, 2.24) is 5.32 Å². The van der Waals surface area contributed by atoms with Crippen LogP contribution in [0.2, 0.25) is 0 Å². The number of nitrogens with one attached hydrogen (secondary N) is 1. The highest BCUT2D eigenvalue weighted by Gasteiger charge is 2.21. The monoisotopic (exact) mass is 239 g/mol. The van der Waals surface area contributed by atoms with Crippen LogP contribution in [0.1, 0.15) is 11.7 Å². The first kappa shape index (κ1) is 12.0. The lowest BCUT2D eigenvalue weighted by atomic mass is 10.1. The lowest BCUT2D eigenvalue weighted by Gasteiger charge is -2.16. The van der Waals surface area contributed by atoms with Crippen LogP contribution in [0.25, 0.3) is 0 Å². The largest absolute Gasteiger partial charge is 0.493 e. The highest BCUT2D eigenvalue weighted by Crippen LogP contribution is 2.40. The average Bonchev–Trinajstić information content (AvgIpc) is 2.90. The van der Waals surface area contributed by atoms with E-state index in [0.29, 0.717) is 24.0 Å². The summed E-state index contributed by atoms with van der Waals surface area (Å²) < 4.78 is 21.4. The van der Waals surface area contributed by atoms with Crippen LogP contribution in [-0.4, -0.2) is 34.6 Å². The Balaban J connectivity index is 2.40. The van der Waals surface area contributed by atoms with Crippen molar-refractivity contribution in [3.05, 3.63) is 17.7 Å². The molecule has 94 valence electrons. The van der Waals surface area contributed by atoms with Gasteiger partial charge >= 0.3 is 0 Å². The molecular formula is C12H17NO4. The van der Waals surface area contributed by atoms with Crippen LogP contribution in [0, 0.1) is 0 Å². The molecule has 1 aliphatic heterocycles. The smallest absolute Gasteiger partial charge is 0.203 e. The van der Waals surface area contributed by atoms with E-state index < -0.39 is 0 Å². The number of hydrogen-bond acceptors (Lipinski definition) is 5. The maximum absolute atomic E-state index is 5.55. The van der Waals surface area contributed by atoms with Crippen LogP contribution in [0.3, 0.4) is 0 Å². The van der Waals surface area contributed by atoms with Gasteiger partial charge in [-0.05, 0) is 17.7 Å². The predicted molar refractivity (Wildman–Crippen MR) is 62.8 cm³/mol. The quantitative estimate of drug-likeness (QED) is 0.859. The lowest BCUT2D eigenvalue weighted by Crippen LogP contribution is -2.08. The van der Waals surface area contributed by atoms with Crippen LogP contribution < -0.4 is 19.5 Å². The number of rotatable bonds is 4. The van der Waals surface area contributed by atoms with Crippen molar-refractivity contribution in [2.75, 3.05) is 34.6 Å². The van der Waals surface area contributed by atoms with Gasteiger partial charge in [-0.25, -0.2) is 0 Å². The molecule has 0 aliphatic carbocycles. The zero-order valence-electron chi connectivity index (χ0n) is 10.3. The Labute approximate surface area is 101 Å². The second-order valence-corrected chi connectivity index (χ2v) is 3.71. The van der Waals surface area contributed by atoms with Gasteiger partial charge in [-0.3, -0.25) is 5.32 Å². The van der Waals surface area contributed by atoms with Crippen LogP contribution in [0.15, 0.2) is 12.1 Å². The zero-order valence-corrected chi connectivity index (χ0v) is 10.3. The van der Waals surface area contributed by atoms with Crippen molar-refractivity contribution in [3.8, 4) is 17.2 Å². The van der Waals surface area contributed by atoms with E-state index in [2.05, 4.69) is 5.32 Å². The number of methoxy groups -OCH3 is 3. The van der Waals surface area contributed by atoms with E-state index in [0.717, 1.165) is 12.1 Å². The molecule has 1 saturated heterocycles. The van der Waals surface area contributed by atoms with Crippen LogP contribution in [-0.2, 0) is 4.74 Å². The molecule has 0 bridgehead atoms. The van der Waals surface area contributed by atoms with Gasteiger partial charge in [0.05, 0.1) is 34.2 Å². The predicted octanol–water partition coefficient (Wildman–Crippen LogP) is 1.33. The Bertz CT molecular complexity index is 363. The topological polar surface area (TPSA) is 49.0 Å². The number of hydrogen-bond donors (Lipinski definition) is 1. The van der Waals surface area contributed by atoms with E-state index >= 15 is 0 Å². The molecule has 1 unspecified atom stereocenters. The Kier molecular flexibility index (Phi) is 3.71. The van der Waals surface area contributed by atoms with Gasteiger partial charge in [0.15, 0.2) is 11.5 Å². The molecule has 2 rings (SSSR count). The normalized spacial score (nSPS) is 19.1. The molecule has 0 saturated carbocycles. The van der Waals surface area contributed by atoms with Crippen molar-refractivity contribution in [2.24, 2.45) is 0 Å². The maximum atomic E-state index is 5.55. The Morgan fingerprint density at radius 1 is 1.12 bits per heavy atom. The molecule has 0 spiro atoms. The van der Waals surface area contributed by atoms with Crippen molar-refractivity contribution in [3.63, 3.8) is 0 Å². The van der Waals surface area contributed by atoms with E-state index in [1.807, 2.05) is 12.1 Å². The summed E-state index contributed by atoms with van der Waals surface area (Å²) in [6.45, 7) is 1.36. The molecular weight excluding hydrogens is 222 g/mol. The summed E-state index contributed by atoms with van der Waals surface area (Å²) in [4.78, 5) is 0. The molecule has 1 fully saturated rings. The Hall–Kier alpha value is -1.46. The molecule has 0 radical (unpaired) electrons. The molecule has 5 heteroatoms. The zero-order chi connectivity index (χ0) is 12.3. The fourth-order valence-corrected chi connectivity index (χ4v) is 1.91. The molecule has 0 amide bonds. The van der Waals surface area contributed by atoms with Gasteiger partial charge in [0.2, 0.25) is 5.75 Å². The van der Waals surface area contributed by atoms with Crippen molar-refractivity contribution in [1.29, 1.82) is 0 Å². The van der Waals surface area contributed by atoms with E-state index in [-0.39, 0.29) is 6.10 Å². The standard InChI is InChI=1S/C12H17NO4/c1-14-9-4-8(11-6-13-7-17-11)5-10(15-2)12(9)16-3/h4-5,11,13H,6-7H2,1-3H3. The molecule has 1 aromatic carbocycles. The number of ether oxygens (including phenoxy) is 4. The van der Waals surface area contributed by atoms with Gasteiger partial charge < -0.3 is 18.9 Å². The average molecular weight is 239 g/mol. The fourth-order valence-electron chi connectivity index (χ4n) is 1.91. The van der Waals surface area contributed by atoms with Gasteiger partial charge in [0.1, 0.15) is 0 Å². The molecule has 1 N–H and O–H groups in total. The Morgan fingerprint density at radius 2 is 1.76 bits per heavy atom. The summed E-state index contributed by atoms with van der Waals surface area (Å²) in [5.41, 5.74) is 1.02. The minimum Gasteiger partial charge on any atom is -0.493 e. The second-order valence-electron chi connectivity index (χ2n) is 3.71. The SMILES string of the molecule is COc1cc(C2CNCO2)cc(OC)c1OC. The molecule has 1 atom stereocenters. The molecule has 0 aromatic heterocycles. The van der Waals surface area contributed by atoms with Gasteiger partial charge in [-0.2, -0.15) is 0 Å². The molecule has 1 aliphatic rings. The van der Waals surface area contributed by atoms with Gasteiger partial charge in [0, 0.05) is 6.54 Å². The summed E-state index contributed by atoms with van der Waals surface area (Å²) in [6, 6.07) is 3.83. The van der Waals surface area contributed by atoms with Crippen LogP contribution in [0.4, 0.5) is 0 Å². The van der Waals surface area contributed by atoms with Gasteiger partial charge in [-0.15, -0.1) is 0 Å². The first-order valence-corrected chi connectivity index (χ1v) is 5.42.